The number of hydrazone groups is 1. The first-order valence-electron chi connectivity index (χ1n) is 6.32. The Bertz CT molecular complexity index is 562. The minimum atomic E-state index is 0.359. The lowest BCUT2D eigenvalue weighted by atomic mass is 10.0. The molecule has 2 aromatic carbocycles. The molecule has 0 aliphatic rings. The van der Waals surface area contributed by atoms with Crippen LogP contribution in [0.15, 0.2) is 64.2 Å². The highest BCUT2D eigenvalue weighted by atomic mass is 79.9. The normalized spacial score (nSPS) is 11.7. The summed E-state index contributed by atoms with van der Waals surface area (Å²) in [5.74, 6) is 0.359. The van der Waals surface area contributed by atoms with Crippen molar-refractivity contribution in [1.82, 2.24) is 0 Å². The molecule has 0 spiro atoms. The van der Waals surface area contributed by atoms with Gasteiger partial charge < -0.3 is 0 Å². The molecule has 0 fully saturated rings. The molecular formula is C16H17BrN2. The number of anilines is 1. The van der Waals surface area contributed by atoms with Gasteiger partial charge in [0.1, 0.15) is 0 Å². The first-order valence-corrected chi connectivity index (χ1v) is 7.11. The van der Waals surface area contributed by atoms with Crippen LogP contribution >= 0.6 is 15.9 Å². The van der Waals surface area contributed by atoms with E-state index in [4.69, 9.17) is 0 Å². The Labute approximate surface area is 122 Å². The highest BCUT2D eigenvalue weighted by molar-refractivity contribution is 9.10. The second kappa shape index (κ2) is 6.53. The minimum Gasteiger partial charge on any atom is -0.277 e. The molecule has 2 aromatic rings. The van der Waals surface area contributed by atoms with Gasteiger partial charge in [-0.05, 0) is 39.5 Å². The van der Waals surface area contributed by atoms with Gasteiger partial charge in [-0.1, -0.05) is 56.3 Å². The molecule has 0 atom stereocenters. The van der Waals surface area contributed by atoms with Gasteiger partial charge >= 0.3 is 0 Å². The summed E-state index contributed by atoms with van der Waals surface area (Å²) in [5.41, 5.74) is 6.31. The van der Waals surface area contributed by atoms with Crippen molar-refractivity contribution in [2.45, 2.75) is 13.8 Å². The number of nitrogens with zero attached hydrogens (tertiary/aromatic N) is 1. The predicted molar refractivity (Wildman–Crippen MR) is 85.6 cm³/mol. The Morgan fingerprint density at radius 3 is 2.26 bits per heavy atom. The number of hydrogen-bond donors (Lipinski definition) is 1. The zero-order valence-electron chi connectivity index (χ0n) is 11.1. The van der Waals surface area contributed by atoms with Crippen LogP contribution in [0, 0.1) is 5.92 Å². The van der Waals surface area contributed by atoms with Crippen LogP contribution < -0.4 is 5.43 Å². The van der Waals surface area contributed by atoms with E-state index in [1.54, 1.807) is 0 Å². The van der Waals surface area contributed by atoms with Crippen LogP contribution in [0.3, 0.4) is 0 Å². The lowest BCUT2D eigenvalue weighted by Crippen LogP contribution is -2.11. The maximum atomic E-state index is 4.56. The van der Waals surface area contributed by atoms with Gasteiger partial charge in [0.25, 0.3) is 0 Å². The van der Waals surface area contributed by atoms with Crippen LogP contribution in [0.25, 0.3) is 0 Å². The first kappa shape index (κ1) is 13.8. The second-order valence-corrected chi connectivity index (χ2v) is 5.46. The number of rotatable bonds is 4. The van der Waals surface area contributed by atoms with Crippen molar-refractivity contribution in [3.8, 4) is 0 Å². The van der Waals surface area contributed by atoms with Crippen LogP contribution in [-0.2, 0) is 0 Å². The summed E-state index contributed by atoms with van der Waals surface area (Å²) in [7, 11) is 0. The smallest absolute Gasteiger partial charge is 0.0704 e. The molecule has 19 heavy (non-hydrogen) atoms. The van der Waals surface area contributed by atoms with Gasteiger partial charge in [0.05, 0.1) is 11.4 Å². The van der Waals surface area contributed by atoms with Crippen LogP contribution in [0.4, 0.5) is 5.69 Å². The maximum absolute atomic E-state index is 4.56. The standard InChI is InChI=1S/C16H17BrN2/c1-12(2)16(13-8-4-3-5-9-13)19-18-15-11-7-6-10-14(15)17/h3-12,18H,1-2H3/b19-16+. The molecule has 1 N–H and O–H groups in total. The van der Waals surface area contributed by atoms with Crippen molar-refractivity contribution in [2.75, 3.05) is 5.43 Å². The molecule has 0 aliphatic heterocycles. The largest absolute Gasteiger partial charge is 0.277 e. The molecule has 0 saturated carbocycles. The van der Waals surface area contributed by atoms with Gasteiger partial charge in [-0.3, -0.25) is 5.43 Å². The molecule has 0 unspecified atom stereocenters. The predicted octanol–water partition coefficient (Wildman–Crippen LogP) is 4.92. The summed E-state index contributed by atoms with van der Waals surface area (Å²) >= 11 is 3.51. The monoisotopic (exact) mass is 316 g/mol. The number of para-hydroxylation sites is 1. The second-order valence-electron chi connectivity index (χ2n) is 4.61. The van der Waals surface area contributed by atoms with Gasteiger partial charge in [0.2, 0.25) is 0 Å². The van der Waals surface area contributed by atoms with Crippen molar-refractivity contribution in [3.05, 3.63) is 64.6 Å². The lowest BCUT2D eigenvalue weighted by Gasteiger charge is -2.11. The molecule has 2 rings (SSSR count). The van der Waals surface area contributed by atoms with E-state index in [0.717, 1.165) is 21.4 Å². The molecule has 98 valence electrons. The molecular weight excluding hydrogens is 300 g/mol. The fourth-order valence-corrected chi connectivity index (χ4v) is 2.18. The quantitative estimate of drug-likeness (QED) is 0.628. The summed E-state index contributed by atoms with van der Waals surface area (Å²) < 4.78 is 1.01. The van der Waals surface area contributed by atoms with E-state index in [9.17, 15) is 0 Å². The van der Waals surface area contributed by atoms with E-state index in [2.05, 4.69) is 52.4 Å². The number of hydrogen-bond acceptors (Lipinski definition) is 2. The molecule has 2 nitrogen and oxygen atoms in total. The van der Waals surface area contributed by atoms with Crippen molar-refractivity contribution in [1.29, 1.82) is 0 Å². The SMILES string of the molecule is CC(C)/C(=N\Nc1ccccc1Br)c1ccccc1. The van der Waals surface area contributed by atoms with Crippen molar-refractivity contribution in [3.63, 3.8) is 0 Å². The third-order valence-electron chi connectivity index (χ3n) is 2.79. The molecule has 0 radical (unpaired) electrons. The Hall–Kier alpha value is -1.61. The summed E-state index contributed by atoms with van der Waals surface area (Å²) in [6.45, 7) is 4.29. The average Bonchev–Trinajstić information content (AvgIpc) is 2.42. The number of nitrogens with one attached hydrogen (secondary N) is 1. The highest BCUT2D eigenvalue weighted by Gasteiger charge is 2.08. The number of halogens is 1. The molecule has 0 aromatic heterocycles. The third-order valence-corrected chi connectivity index (χ3v) is 3.48. The average molecular weight is 317 g/mol. The Morgan fingerprint density at radius 2 is 1.63 bits per heavy atom. The van der Waals surface area contributed by atoms with Crippen molar-refractivity contribution in [2.24, 2.45) is 11.0 Å². The zero-order chi connectivity index (χ0) is 13.7. The topological polar surface area (TPSA) is 24.4 Å². The Balaban J connectivity index is 2.26. The lowest BCUT2D eigenvalue weighted by molar-refractivity contribution is 0.880. The van der Waals surface area contributed by atoms with E-state index >= 15 is 0 Å². The van der Waals surface area contributed by atoms with Gasteiger partial charge in [0.15, 0.2) is 0 Å². The summed E-state index contributed by atoms with van der Waals surface area (Å²) in [6.07, 6.45) is 0. The fraction of sp³-hybridized carbons (Fsp3) is 0.188. The minimum absolute atomic E-state index is 0.359. The van der Waals surface area contributed by atoms with Crippen molar-refractivity contribution >= 4 is 27.3 Å². The van der Waals surface area contributed by atoms with Gasteiger partial charge in [0, 0.05) is 4.47 Å². The summed E-state index contributed by atoms with van der Waals surface area (Å²) in [5, 5.41) is 4.56. The van der Waals surface area contributed by atoms with E-state index in [1.165, 1.54) is 0 Å². The summed E-state index contributed by atoms with van der Waals surface area (Å²) in [4.78, 5) is 0. The molecule has 3 heteroatoms. The van der Waals surface area contributed by atoms with E-state index in [1.807, 2.05) is 42.5 Å². The van der Waals surface area contributed by atoms with Crippen LogP contribution in [0.5, 0.6) is 0 Å². The van der Waals surface area contributed by atoms with E-state index < -0.39 is 0 Å². The third kappa shape index (κ3) is 3.67. The number of benzene rings is 2. The van der Waals surface area contributed by atoms with E-state index in [-0.39, 0.29) is 0 Å². The Kier molecular flexibility index (Phi) is 4.74. The fourth-order valence-electron chi connectivity index (χ4n) is 1.81. The van der Waals surface area contributed by atoms with Gasteiger partial charge in [-0.25, -0.2) is 0 Å². The van der Waals surface area contributed by atoms with Gasteiger partial charge in [-0.2, -0.15) is 5.10 Å². The maximum Gasteiger partial charge on any atom is 0.0704 e. The van der Waals surface area contributed by atoms with Crippen LogP contribution in [-0.4, -0.2) is 5.71 Å². The molecule has 0 bridgehead atoms. The van der Waals surface area contributed by atoms with Gasteiger partial charge in [-0.15, -0.1) is 0 Å². The molecule has 0 heterocycles. The highest BCUT2D eigenvalue weighted by Crippen LogP contribution is 2.21. The van der Waals surface area contributed by atoms with E-state index in [0.29, 0.717) is 5.92 Å². The molecule has 0 aliphatic carbocycles. The van der Waals surface area contributed by atoms with Crippen LogP contribution in [0.2, 0.25) is 0 Å². The first-order chi connectivity index (χ1) is 9.18. The Morgan fingerprint density at radius 1 is 1.00 bits per heavy atom. The summed E-state index contributed by atoms with van der Waals surface area (Å²) in [6, 6.07) is 18.2. The van der Waals surface area contributed by atoms with Crippen molar-refractivity contribution < 1.29 is 0 Å². The molecule has 0 amide bonds. The molecule has 0 saturated heterocycles. The zero-order valence-corrected chi connectivity index (χ0v) is 12.7. The van der Waals surface area contributed by atoms with Crippen LogP contribution in [0.1, 0.15) is 19.4 Å².